The van der Waals surface area contributed by atoms with Gasteiger partial charge >= 0.3 is 0 Å². The summed E-state index contributed by atoms with van der Waals surface area (Å²) in [4.78, 5) is 10.5. The van der Waals surface area contributed by atoms with Crippen molar-refractivity contribution in [2.24, 2.45) is 0 Å². The Kier molecular flexibility index (Phi) is 7.75. The molecule has 0 atom stereocenters. The maximum Gasteiger partial charge on any atom is 0.160 e. The van der Waals surface area contributed by atoms with Crippen molar-refractivity contribution in [1.29, 1.82) is 0 Å². The Balaban J connectivity index is 1.12. The first kappa shape index (κ1) is 33.7. The van der Waals surface area contributed by atoms with E-state index in [-0.39, 0.29) is 0 Å². The van der Waals surface area contributed by atoms with E-state index >= 15 is 0 Å². The van der Waals surface area contributed by atoms with Crippen LogP contribution in [0.1, 0.15) is 0 Å². The van der Waals surface area contributed by atoms with Gasteiger partial charge in [-0.05, 0) is 83.5 Å². The molecule has 2 aromatic heterocycles. The van der Waals surface area contributed by atoms with Crippen molar-refractivity contribution in [1.82, 2.24) is 9.97 Å². The second-order valence-electron chi connectivity index (χ2n) is 15.2. The number of benzene rings is 10. The molecule has 0 saturated carbocycles. The molecule has 0 fully saturated rings. The summed E-state index contributed by atoms with van der Waals surface area (Å²) < 4.78 is 2.55. The largest absolute Gasteiger partial charge is 0.228 e. The smallest absolute Gasteiger partial charge is 0.160 e. The summed E-state index contributed by atoms with van der Waals surface area (Å²) >= 11 is 1.83. The molecule has 0 aliphatic carbocycles. The predicted molar refractivity (Wildman–Crippen MR) is 252 cm³/mol. The van der Waals surface area contributed by atoms with Crippen molar-refractivity contribution >= 4 is 74.6 Å². The SMILES string of the molecule is c1ccc(-c2nc(-c3ccc4c(c3)sc3ccccc34)cc(-c3ccc(-c4c5ccccc5c(-c5ccccc5)c5c4ccc4ccccc45)c4ccccc34)n2)cc1. The minimum absolute atomic E-state index is 0.711. The van der Waals surface area contributed by atoms with Gasteiger partial charge in [0.05, 0.1) is 11.4 Å². The summed E-state index contributed by atoms with van der Waals surface area (Å²) in [5.74, 6) is 0.711. The van der Waals surface area contributed by atoms with Crippen LogP contribution >= 0.6 is 11.3 Å². The van der Waals surface area contributed by atoms with Crippen LogP contribution in [0.25, 0.3) is 119 Å². The molecule has 0 spiro atoms. The van der Waals surface area contributed by atoms with Gasteiger partial charge in [-0.3, -0.25) is 0 Å². The lowest BCUT2D eigenvalue weighted by molar-refractivity contribution is 1.19. The molecule has 2 nitrogen and oxygen atoms in total. The maximum absolute atomic E-state index is 5.32. The highest BCUT2D eigenvalue weighted by atomic mass is 32.1. The molecule has 0 saturated heterocycles. The van der Waals surface area contributed by atoms with Gasteiger partial charge in [0.1, 0.15) is 0 Å². The lowest BCUT2D eigenvalue weighted by Gasteiger charge is -2.21. The minimum Gasteiger partial charge on any atom is -0.228 e. The Morgan fingerprint density at radius 1 is 0.305 bits per heavy atom. The van der Waals surface area contributed by atoms with E-state index < -0.39 is 0 Å². The van der Waals surface area contributed by atoms with Gasteiger partial charge < -0.3 is 0 Å². The lowest BCUT2D eigenvalue weighted by Crippen LogP contribution is -1.97. The minimum atomic E-state index is 0.711. The third-order valence-electron chi connectivity index (χ3n) is 11.9. The van der Waals surface area contributed by atoms with Gasteiger partial charge in [-0.1, -0.05) is 188 Å². The molecule has 0 radical (unpaired) electrons. The Labute approximate surface area is 345 Å². The van der Waals surface area contributed by atoms with Gasteiger partial charge in [0, 0.05) is 36.9 Å². The van der Waals surface area contributed by atoms with E-state index in [0.29, 0.717) is 5.82 Å². The van der Waals surface area contributed by atoms with Crippen molar-refractivity contribution in [3.05, 3.63) is 206 Å². The number of fused-ring (bicyclic) bond motifs is 8. The van der Waals surface area contributed by atoms with Crippen molar-refractivity contribution in [3.63, 3.8) is 0 Å². The van der Waals surface area contributed by atoms with Gasteiger partial charge in [0.25, 0.3) is 0 Å². The third-order valence-corrected chi connectivity index (χ3v) is 13.0. The molecule has 59 heavy (non-hydrogen) atoms. The molecule has 2 heterocycles. The second kappa shape index (κ2) is 13.6. The zero-order valence-electron chi connectivity index (χ0n) is 31.9. The molecule has 0 amide bonds. The zero-order valence-corrected chi connectivity index (χ0v) is 32.7. The van der Waals surface area contributed by atoms with Gasteiger partial charge in [-0.2, -0.15) is 0 Å². The second-order valence-corrected chi connectivity index (χ2v) is 16.3. The third kappa shape index (κ3) is 5.47. The topological polar surface area (TPSA) is 25.8 Å². The molecule has 12 aromatic rings. The van der Waals surface area contributed by atoms with Crippen LogP contribution in [0.3, 0.4) is 0 Å². The van der Waals surface area contributed by atoms with Crippen LogP contribution in [0.5, 0.6) is 0 Å². The van der Waals surface area contributed by atoms with Crippen molar-refractivity contribution in [3.8, 4) is 56.2 Å². The average Bonchev–Trinajstić information content (AvgIpc) is 3.69. The average molecular weight is 767 g/mol. The quantitative estimate of drug-likeness (QED) is 0.129. The van der Waals surface area contributed by atoms with Gasteiger partial charge in [0.2, 0.25) is 0 Å². The van der Waals surface area contributed by atoms with E-state index in [1.807, 2.05) is 17.4 Å². The van der Waals surface area contributed by atoms with Crippen LogP contribution in [0.2, 0.25) is 0 Å². The summed E-state index contributed by atoms with van der Waals surface area (Å²) in [6.45, 7) is 0. The van der Waals surface area contributed by atoms with Gasteiger partial charge in [0.15, 0.2) is 5.82 Å². The highest BCUT2D eigenvalue weighted by molar-refractivity contribution is 7.25. The number of aromatic nitrogens is 2. The van der Waals surface area contributed by atoms with E-state index in [2.05, 4.69) is 200 Å². The highest BCUT2D eigenvalue weighted by Crippen LogP contribution is 2.48. The number of hydrogen-bond donors (Lipinski definition) is 0. The molecule has 3 heteroatoms. The molecule has 0 N–H and O–H groups in total. The fourth-order valence-electron chi connectivity index (χ4n) is 9.22. The molecule has 12 rings (SSSR count). The molecule has 0 aliphatic heterocycles. The highest BCUT2D eigenvalue weighted by Gasteiger charge is 2.21. The van der Waals surface area contributed by atoms with Crippen LogP contribution in [0.4, 0.5) is 0 Å². The monoisotopic (exact) mass is 766 g/mol. The lowest BCUT2D eigenvalue weighted by atomic mass is 9.82. The van der Waals surface area contributed by atoms with Gasteiger partial charge in [-0.25, -0.2) is 9.97 Å². The van der Waals surface area contributed by atoms with E-state index in [1.165, 1.54) is 80.1 Å². The first-order chi connectivity index (χ1) is 29.3. The molecule has 274 valence electrons. The Bertz CT molecular complexity index is 3610. The zero-order chi connectivity index (χ0) is 38.9. The summed E-state index contributed by atoms with van der Waals surface area (Å²) in [6.07, 6.45) is 0. The van der Waals surface area contributed by atoms with Crippen molar-refractivity contribution in [2.45, 2.75) is 0 Å². The van der Waals surface area contributed by atoms with E-state index in [9.17, 15) is 0 Å². The molecular formula is C56H34N2S. The predicted octanol–water partition coefficient (Wildman–Crippen LogP) is 15.8. The summed E-state index contributed by atoms with van der Waals surface area (Å²) in [5, 5.41) is 12.4. The van der Waals surface area contributed by atoms with E-state index in [1.54, 1.807) is 0 Å². The number of thiophene rings is 1. The maximum atomic E-state index is 5.32. The normalized spacial score (nSPS) is 11.7. The molecular weight excluding hydrogens is 733 g/mol. The summed E-state index contributed by atoms with van der Waals surface area (Å²) in [5.41, 5.74) is 9.88. The number of hydrogen-bond acceptors (Lipinski definition) is 3. The number of nitrogens with zero attached hydrogens (tertiary/aromatic N) is 2. The van der Waals surface area contributed by atoms with Crippen LogP contribution in [-0.4, -0.2) is 9.97 Å². The molecule has 10 aromatic carbocycles. The Hall–Kier alpha value is -7.46. The van der Waals surface area contributed by atoms with Crippen LogP contribution in [0.15, 0.2) is 206 Å². The molecule has 0 bridgehead atoms. The van der Waals surface area contributed by atoms with Crippen molar-refractivity contribution < 1.29 is 0 Å². The van der Waals surface area contributed by atoms with Crippen molar-refractivity contribution in [2.75, 3.05) is 0 Å². The Morgan fingerprint density at radius 3 is 1.64 bits per heavy atom. The number of rotatable bonds is 5. The van der Waals surface area contributed by atoms with E-state index in [0.717, 1.165) is 33.5 Å². The summed E-state index contributed by atoms with van der Waals surface area (Å²) in [6, 6.07) is 74.6. The summed E-state index contributed by atoms with van der Waals surface area (Å²) in [7, 11) is 0. The first-order valence-corrected chi connectivity index (χ1v) is 20.9. The first-order valence-electron chi connectivity index (χ1n) is 20.1. The molecule has 0 unspecified atom stereocenters. The van der Waals surface area contributed by atoms with Crippen LogP contribution in [-0.2, 0) is 0 Å². The fourth-order valence-corrected chi connectivity index (χ4v) is 10.4. The van der Waals surface area contributed by atoms with Crippen LogP contribution < -0.4 is 0 Å². The standard InChI is InChI=1S/C56H34N2S/c1-3-16-36(17-4-1)53-45-24-11-12-25-46(45)54(48-30-27-35-15-7-8-20-39(35)55(48)53)47-32-31-42(40-21-9-10-22-41(40)47)50-34-49(57-56(58-50)37-18-5-2-6-19-37)38-28-29-44-43-23-13-14-26-51(43)59-52(44)33-38/h1-34H. The fraction of sp³-hybridized carbons (Fsp3) is 0. The van der Waals surface area contributed by atoms with E-state index in [4.69, 9.17) is 9.97 Å². The van der Waals surface area contributed by atoms with Crippen LogP contribution in [0, 0.1) is 0 Å². The Morgan fingerprint density at radius 2 is 0.864 bits per heavy atom. The van der Waals surface area contributed by atoms with Gasteiger partial charge in [-0.15, -0.1) is 11.3 Å². The molecule has 0 aliphatic rings.